The standard InChI is InChI=1S/C27H23FN2O6S2/c28-18-10-19-24(26-16(18)7-8-36-26)23(17-3-1-2-4-20(17)31)25(21(32)13-38(34,35)15-5-6-15)30(19)11-14-9-22(27(29)33)37-12-14/h1-3,9-10,12,15H,4-8,11,13H2,(H2,29,33). The third-order valence-electron chi connectivity index (χ3n) is 7.09. The minimum absolute atomic E-state index is 0.00856. The lowest BCUT2D eigenvalue weighted by atomic mass is 9.92. The summed E-state index contributed by atoms with van der Waals surface area (Å²) in [6, 6.07) is 2.89. The number of nitrogens with two attached hydrogens (primary N) is 1. The number of halogens is 1. The minimum Gasteiger partial charge on any atom is -0.492 e. The zero-order valence-electron chi connectivity index (χ0n) is 20.2. The molecule has 0 spiro atoms. The summed E-state index contributed by atoms with van der Waals surface area (Å²) in [6.07, 6.45) is 6.47. The third kappa shape index (κ3) is 4.10. The molecular weight excluding hydrogens is 531 g/mol. The molecule has 1 fully saturated rings. The van der Waals surface area contributed by atoms with E-state index in [2.05, 4.69) is 0 Å². The summed E-state index contributed by atoms with van der Waals surface area (Å²) in [6.45, 7) is 0.273. The number of sulfone groups is 1. The van der Waals surface area contributed by atoms with Crippen LogP contribution in [0.2, 0.25) is 0 Å². The highest BCUT2D eigenvalue weighted by molar-refractivity contribution is 7.93. The molecule has 2 aromatic heterocycles. The van der Waals surface area contributed by atoms with Gasteiger partial charge in [0.1, 0.15) is 17.3 Å². The lowest BCUT2D eigenvalue weighted by Gasteiger charge is -2.14. The van der Waals surface area contributed by atoms with Gasteiger partial charge in [-0.2, -0.15) is 0 Å². The normalized spacial score (nSPS) is 17.0. The molecule has 0 unspecified atom stereocenters. The van der Waals surface area contributed by atoms with Gasteiger partial charge in [0.05, 0.1) is 33.3 Å². The van der Waals surface area contributed by atoms with Crippen LogP contribution in [0.3, 0.4) is 0 Å². The molecule has 1 aliphatic heterocycles. The Kier molecular flexibility index (Phi) is 5.88. The maximum Gasteiger partial charge on any atom is 0.258 e. The van der Waals surface area contributed by atoms with Crippen molar-refractivity contribution in [2.75, 3.05) is 12.4 Å². The number of hydrogen-bond donors (Lipinski definition) is 1. The van der Waals surface area contributed by atoms with Crippen LogP contribution in [-0.4, -0.2) is 48.1 Å². The highest BCUT2D eigenvalue weighted by Gasteiger charge is 2.40. The Hall–Kier alpha value is -3.57. The SMILES string of the molecule is NC(=O)c1cc(Cn2c(C(=O)CS(=O)(=O)C3CC3)c(C3=CC=CCC3=O)c3c4c(c(F)cc32)CCO4)cs1. The van der Waals surface area contributed by atoms with E-state index in [9.17, 15) is 22.8 Å². The van der Waals surface area contributed by atoms with Crippen molar-refractivity contribution >= 4 is 55.1 Å². The summed E-state index contributed by atoms with van der Waals surface area (Å²) in [5.74, 6) is -2.49. The first-order valence-electron chi connectivity index (χ1n) is 12.2. The molecule has 11 heteroatoms. The Labute approximate surface area is 221 Å². The van der Waals surface area contributed by atoms with Gasteiger partial charge in [-0.3, -0.25) is 14.4 Å². The second kappa shape index (κ2) is 9.02. The molecule has 1 amide bonds. The van der Waals surface area contributed by atoms with Gasteiger partial charge >= 0.3 is 0 Å². The van der Waals surface area contributed by atoms with Crippen molar-refractivity contribution in [2.24, 2.45) is 5.73 Å². The fraction of sp³-hybridized carbons (Fsp3) is 0.296. The molecule has 0 atom stereocenters. The van der Waals surface area contributed by atoms with Crippen molar-refractivity contribution in [1.82, 2.24) is 4.57 Å². The predicted octanol–water partition coefficient (Wildman–Crippen LogP) is 3.60. The van der Waals surface area contributed by atoms with Gasteiger partial charge in [0.25, 0.3) is 5.91 Å². The van der Waals surface area contributed by atoms with Crippen LogP contribution in [0.4, 0.5) is 4.39 Å². The third-order valence-corrected chi connectivity index (χ3v) is 10.2. The summed E-state index contributed by atoms with van der Waals surface area (Å²) in [4.78, 5) is 39.0. The molecule has 0 radical (unpaired) electrons. The molecule has 6 rings (SSSR count). The minimum atomic E-state index is -3.70. The van der Waals surface area contributed by atoms with Gasteiger partial charge in [-0.1, -0.05) is 18.2 Å². The summed E-state index contributed by atoms with van der Waals surface area (Å²) in [7, 11) is -3.70. The number of ether oxygens (including phenoxy) is 1. The number of fused-ring (bicyclic) bond motifs is 3. The number of hydrogen-bond acceptors (Lipinski definition) is 7. The molecule has 38 heavy (non-hydrogen) atoms. The van der Waals surface area contributed by atoms with Crippen molar-refractivity contribution in [3.8, 4) is 5.75 Å². The Morgan fingerprint density at radius 1 is 1.24 bits per heavy atom. The number of carbonyl (C=O) groups is 3. The van der Waals surface area contributed by atoms with E-state index in [0.29, 0.717) is 46.2 Å². The number of thiophene rings is 1. The van der Waals surface area contributed by atoms with Crippen molar-refractivity contribution < 1.29 is 31.9 Å². The first-order valence-corrected chi connectivity index (χ1v) is 14.8. The lowest BCUT2D eigenvalue weighted by Crippen LogP contribution is -2.23. The molecular formula is C27H23FN2O6S2. The van der Waals surface area contributed by atoms with E-state index in [1.54, 1.807) is 34.2 Å². The molecule has 196 valence electrons. The Bertz CT molecular complexity index is 1720. The van der Waals surface area contributed by atoms with E-state index in [-0.39, 0.29) is 47.9 Å². The fourth-order valence-electron chi connectivity index (χ4n) is 5.18. The van der Waals surface area contributed by atoms with E-state index in [0.717, 1.165) is 11.3 Å². The van der Waals surface area contributed by atoms with E-state index in [1.807, 2.05) is 0 Å². The number of Topliss-reactive ketones (excluding diaryl/α,β-unsaturated/α-hetero) is 2. The first-order chi connectivity index (χ1) is 18.2. The molecule has 3 aromatic rings. The monoisotopic (exact) mass is 554 g/mol. The van der Waals surface area contributed by atoms with Crippen LogP contribution >= 0.6 is 11.3 Å². The van der Waals surface area contributed by atoms with Crippen molar-refractivity contribution in [1.29, 1.82) is 0 Å². The van der Waals surface area contributed by atoms with Crippen LogP contribution in [0.25, 0.3) is 16.5 Å². The molecule has 1 aromatic carbocycles. The number of primary amides is 1. The van der Waals surface area contributed by atoms with Crippen LogP contribution in [0.5, 0.6) is 5.75 Å². The number of rotatable bonds is 8. The quantitative estimate of drug-likeness (QED) is 0.424. The zero-order chi connectivity index (χ0) is 26.8. The average molecular weight is 555 g/mol. The summed E-state index contributed by atoms with van der Waals surface area (Å²) < 4.78 is 48.4. The number of ketones is 2. The van der Waals surface area contributed by atoms with Crippen LogP contribution < -0.4 is 10.5 Å². The van der Waals surface area contributed by atoms with E-state index in [1.165, 1.54) is 6.07 Å². The second-order valence-electron chi connectivity index (χ2n) is 9.72. The number of aromatic nitrogens is 1. The van der Waals surface area contributed by atoms with Gasteiger partial charge in [-0.25, -0.2) is 12.8 Å². The molecule has 3 heterocycles. The van der Waals surface area contributed by atoms with Gasteiger partial charge in [0.15, 0.2) is 21.4 Å². The maximum absolute atomic E-state index is 15.3. The fourth-order valence-corrected chi connectivity index (χ4v) is 7.53. The Morgan fingerprint density at radius 2 is 2.03 bits per heavy atom. The van der Waals surface area contributed by atoms with Gasteiger partial charge < -0.3 is 15.0 Å². The van der Waals surface area contributed by atoms with E-state index < -0.39 is 38.3 Å². The average Bonchev–Trinajstić information content (AvgIpc) is 3.30. The number of benzene rings is 1. The van der Waals surface area contributed by atoms with Gasteiger partial charge in [-0.15, -0.1) is 11.3 Å². The summed E-state index contributed by atoms with van der Waals surface area (Å²) in [5.41, 5.74) is 7.21. The number of carbonyl (C=O) groups excluding carboxylic acids is 3. The van der Waals surface area contributed by atoms with Crippen LogP contribution in [0.1, 0.15) is 56.1 Å². The zero-order valence-corrected chi connectivity index (χ0v) is 21.8. The summed E-state index contributed by atoms with van der Waals surface area (Å²) >= 11 is 1.14. The first kappa shape index (κ1) is 24.7. The van der Waals surface area contributed by atoms with Crippen molar-refractivity contribution in [3.63, 3.8) is 0 Å². The smallest absolute Gasteiger partial charge is 0.258 e. The van der Waals surface area contributed by atoms with E-state index in [4.69, 9.17) is 10.5 Å². The Balaban J connectivity index is 1.65. The second-order valence-corrected chi connectivity index (χ2v) is 12.9. The molecule has 2 aliphatic carbocycles. The predicted molar refractivity (Wildman–Crippen MR) is 141 cm³/mol. The van der Waals surface area contributed by atoms with E-state index >= 15 is 4.39 Å². The van der Waals surface area contributed by atoms with Crippen LogP contribution in [-0.2, 0) is 27.6 Å². The van der Waals surface area contributed by atoms with Crippen LogP contribution in [0.15, 0.2) is 35.7 Å². The summed E-state index contributed by atoms with van der Waals surface area (Å²) in [5, 5.41) is 1.56. The highest BCUT2D eigenvalue weighted by atomic mass is 32.2. The van der Waals surface area contributed by atoms with Crippen LogP contribution in [0, 0.1) is 5.82 Å². The molecule has 3 aliphatic rings. The van der Waals surface area contributed by atoms with Gasteiger partial charge in [0.2, 0.25) is 0 Å². The number of amides is 1. The molecule has 2 N–H and O–H groups in total. The Morgan fingerprint density at radius 3 is 2.71 bits per heavy atom. The lowest BCUT2D eigenvalue weighted by molar-refractivity contribution is -0.113. The number of nitrogens with zero attached hydrogens (tertiary/aromatic N) is 1. The highest BCUT2D eigenvalue weighted by Crippen LogP contribution is 2.45. The van der Waals surface area contributed by atoms with Gasteiger partial charge in [-0.05, 0) is 35.9 Å². The topological polar surface area (TPSA) is 126 Å². The van der Waals surface area contributed by atoms with Gasteiger partial charge in [0, 0.05) is 36.1 Å². The molecule has 8 nitrogen and oxygen atoms in total. The largest absolute Gasteiger partial charge is 0.492 e. The molecule has 0 saturated heterocycles. The maximum atomic E-state index is 15.3. The molecule has 0 bridgehead atoms. The molecule has 1 saturated carbocycles. The van der Waals surface area contributed by atoms with Crippen molar-refractivity contribution in [2.45, 2.75) is 37.5 Å². The van der Waals surface area contributed by atoms with Crippen molar-refractivity contribution in [3.05, 3.63) is 68.8 Å². The number of allylic oxidation sites excluding steroid dienone is 4.